The lowest BCUT2D eigenvalue weighted by atomic mass is 9.89. The molecule has 0 bridgehead atoms. The normalized spacial score (nSPS) is 19.3. The standard InChI is InChI=1S/C25H31N3O2/c1-2-23(21-13-12-19-10-6-7-11-20(19)14-21)27-25(30)26-22-15-24(29)28(17-22)16-18-8-4-3-5-9-18/h3-5,8-9,12-14,22-23H,2,6-7,10-11,15-17H2,1H3,(H2,26,27,30). The van der Waals surface area contributed by atoms with E-state index in [1.807, 2.05) is 35.2 Å². The lowest BCUT2D eigenvalue weighted by Crippen LogP contribution is -2.44. The zero-order valence-corrected chi connectivity index (χ0v) is 17.7. The van der Waals surface area contributed by atoms with Gasteiger partial charge in [-0.05, 0) is 54.4 Å². The summed E-state index contributed by atoms with van der Waals surface area (Å²) in [6.45, 7) is 3.23. The number of hydrogen-bond donors (Lipinski definition) is 2. The van der Waals surface area contributed by atoms with E-state index in [-0.39, 0.29) is 24.0 Å². The third kappa shape index (κ3) is 4.84. The van der Waals surface area contributed by atoms with E-state index in [9.17, 15) is 9.59 Å². The number of hydrogen-bond acceptors (Lipinski definition) is 2. The smallest absolute Gasteiger partial charge is 0.315 e. The van der Waals surface area contributed by atoms with Crippen LogP contribution in [0.4, 0.5) is 4.79 Å². The number of carbonyl (C=O) groups is 2. The van der Waals surface area contributed by atoms with Crippen molar-refractivity contribution >= 4 is 11.9 Å². The summed E-state index contributed by atoms with van der Waals surface area (Å²) in [5.74, 6) is 0.0888. The van der Waals surface area contributed by atoms with Gasteiger partial charge in [-0.1, -0.05) is 55.5 Å². The Kier molecular flexibility index (Phi) is 6.36. The Balaban J connectivity index is 1.33. The molecule has 2 aromatic rings. The van der Waals surface area contributed by atoms with Crippen molar-refractivity contribution in [1.29, 1.82) is 0 Å². The molecule has 4 rings (SSSR count). The van der Waals surface area contributed by atoms with Crippen molar-refractivity contribution in [2.75, 3.05) is 6.54 Å². The summed E-state index contributed by atoms with van der Waals surface area (Å²) < 4.78 is 0. The molecule has 1 saturated heterocycles. The van der Waals surface area contributed by atoms with Crippen LogP contribution < -0.4 is 10.6 Å². The first-order valence-electron chi connectivity index (χ1n) is 11.1. The molecular weight excluding hydrogens is 374 g/mol. The van der Waals surface area contributed by atoms with Crippen molar-refractivity contribution in [1.82, 2.24) is 15.5 Å². The molecule has 5 nitrogen and oxygen atoms in total. The van der Waals surface area contributed by atoms with Crippen LogP contribution in [0.25, 0.3) is 0 Å². The largest absolute Gasteiger partial charge is 0.336 e. The molecule has 0 aromatic heterocycles. The van der Waals surface area contributed by atoms with E-state index in [0.717, 1.165) is 24.8 Å². The molecule has 1 fully saturated rings. The maximum Gasteiger partial charge on any atom is 0.315 e. The van der Waals surface area contributed by atoms with Gasteiger partial charge in [-0.25, -0.2) is 4.79 Å². The molecule has 0 spiro atoms. The number of nitrogens with one attached hydrogen (secondary N) is 2. The Morgan fingerprint density at radius 3 is 2.63 bits per heavy atom. The highest BCUT2D eigenvalue weighted by molar-refractivity contribution is 5.81. The quantitative estimate of drug-likeness (QED) is 0.760. The molecule has 1 aliphatic heterocycles. The van der Waals surface area contributed by atoms with Gasteiger partial charge < -0.3 is 15.5 Å². The minimum atomic E-state index is -0.195. The maximum atomic E-state index is 12.7. The number of benzene rings is 2. The topological polar surface area (TPSA) is 61.4 Å². The van der Waals surface area contributed by atoms with Crippen LogP contribution in [-0.4, -0.2) is 29.4 Å². The van der Waals surface area contributed by atoms with Gasteiger partial charge in [0.1, 0.15) is 0 Å². The van der Waals surface area contributed by atoms with Crippen molar-refractivity contribution in [3.63, 3.8) is 0 Å². The molecule has 1 heterocycles. The molecule has 2 N–H and O–H groups in total. The van der Waals surface area contributed by atoms with Crippen LogP contribution in [0.1, 0.15) is 60.9 Å². The van der Waals surface area contributed by atoms with Crippen LogP contribution in [0.2, 0.25) is 0 Å². The number of urea groups is 1. The van der Waals surface area contributed by atoms with Crippen LogP contribution in [0.3, 0.4) is 0 Å². The number of carbonyl (C=O) groups excluding carboxylic acids is 2. The fourth-order valence-electron chi connectivity index (χ4n) is 4.60. The average Bonchev–Trinajstić information content (AvgIpc) is 3.10. The number of amides is 3. The number of aryl methyl sites for hydroxylation is 2. The van der Waals surface area contributed by atoms with Gasteiger partial charge in [-0.2, -0.15) is 0 Å². The third-order valence-electron chi connectivity index (χ3n) is 6.25. The maximum absolute atomic E-state index is 12.7. The van der Waals surface area contributed by atoms with Gasteiger partial charge >= 0.3 is 6.03 Å². The Labute approximate surface area is 178 Å². The molecule has 0 radical (unpaired) electrons. The summed E-state index contributed by atoms with van der Waals surface area (Å²) in [4.78, 5) is 26.8. The summed E-state index contributed by atoms with van der Waals surface area (Å²) in [5.41, 5.74) is 5.15. The number of nitrogens with zero attached hydrogens (tertiary/aromatic N) is 1. The highest BCUT2D eigenvalue weighted by Crippen LogP contribution is 2.26. The van der Waals surface area contributed by atoms with Crippen molar-refractivity contribution in [3.8, 4) is 0 Å². The third-order valence-corrected chi connectivity index (χ3v) is 6.25. The van der Waals surface area contributed by atoms with Crippen LogP contribution in [0, 0.1) is 0 Å². The molecule has 1 aliphatic carbocycles. The van der Waals surface area contributed by atoms with E-state index < -0.39 is 0 Å². The molecule has 0 saturated carbocycles. The van der Waals surface area contributed by atoms with Gasteiger partial charge in [0.2, 0.25) is 5.91 Å². The first kappa shape index (κ1) is 20.5. The molecule has 5 heteroatoms. The van der Waals surface area contributed by atoms with Crippen molar-refractivity contribution in [3.05, 3.63) is 70.8 Å². The Morgan fingerprint density at radius 2 is 1.87 bits per heavy atom. The predicted octanol–water partition coefficient (Wildman–Crippen LogP) is 4.12. The van der Waals surface area contributed by atoms with E-state index in [4.69, 9.17) is 0 Å². The molecular formula is C25H31N3O2. The minimum absolute atomic E-state index is 0.0187. The zero-order chi connectivity index (χ0) is 20.9. The van der Waals surface area contributed by atoms with Crippen LogP contribution in [-0.2, 0) is 24.2 Å². The number of rotatable bonds is 6. The van der Waals surface area contributed by atoms with Gasteiger partial charge in [0.15, 0.2) is 0 Å². The highest BCUT2D eigenvalue weighted by atomic mass is 16.2. The monoisotopic (exact) mass is 405 g/mol. The van der Waals surface area contributed by atoms with Crippen molar-refractivity contribution in [2.45, 2.75) is 64.1 Å². The van der Waals surface area contributed by atoms with E-state index in [1.54, 1.807) is 0 Å². The predicted molar refractivity (Wildman–Crippen MR) is 118 cm³/mol. The van der Waals surface area contributed by atoms with Gasteiger partial charge in [-0.3, -0.25) is 4.79 Å². The second kappa shape index (κ2) is 9.33. The Morgan fingerprint density at radius 1 is 1.10 bits per heavy atom. The van der Waals surface area contributed by atoms with Gasteiger partial charge in [-0.15, -0.1) is 0 Å². The van der Waals surface area contributed by atoms with E-state index in [2.05, 4.69) is 35.8 Å². The van der Waals surface area contributed by atoms with E-state index >= 15 is 0 Å². The lowest BCUT2D eigenvalue weighted by molar-refractivity contribution is -0.128. The first-order valence-corrected chi connectivity index (χ1v) is 11.1. The van der Waals surface area contributed by atoms with E-state index in [0.29, 0.717) is 19.5 Å². The highest BCUT2D eigenvalue weighted by Gasteiger charge is 2.31. The molecule has 2 unspecified atom stereocenters. The minimum Gasteiger partial charge on any atom is -0.336 e. The summed E-state index contributed by atoms with van der Waals surface area (Å²) in [6.07, 6.45) is 6.00. The SMILES string of the molecule is CCC(NC(=O)NC1CC(=O)N(Cc2ccccc2)C1)c1ccc2c(c1)CCCC2. The lowest BCUT2D eigenvalue weighted by Gasteiger charge is -2.23. The van der Waals surface area contributed by atoms with Gasteiger partial charge in [0, 0.05) is 19.5 Å². The van der Waals surface area contributed by atoms with Crippen LogP contribution in [0.5, 0.6) is 0 Å². The van der Waals surface area contributed by atoms with Crippen LogP contribution in [0.15, 0.2) is 48.5 Å². The number of fused-ring (bicyclic) bond motifs is 1. The second-order valence-corrected chi connectivity index (χ2v) is 8.47. The first-order chi connectivity index (χ1) is 14.6. The zero-order valence-electron chi connectivity index (χ0n) is 17.7. The molecule has 2 aromatic carbocycles. The van der Waals surface area contributed by atoms with Crippen LogP contribution >= 0.6 is 0 Å². The van der Waals surface area contributed by atoms with Gasteiger partial charge in [0.25, 0.3) is 0 Å². The molecule has 30 heavy (non-hydrogen) atoms. The molecule has 2 atom stereocenters. The van der Waals surface area contributed by atoms with Crippen molar-refractivity contribution < 1.29 is 9.59 Å². The Bertz CT molecular complexity index is 897. The average molecular weight is 406 g/mol. The second-order valence-electron chi connectivity index (χ2n) is 8.47. The van der Waals surface area contributed by atoms with Crippen molar-refractivity contribution in [2.24, 2.45) is 0 Å². The van der Waals surface area contributed by atoms with Gasteiger partial charge in [0.05, 0.1) is 12.1 Å². The summed E-state index contributed by atoms with van der Waals surface area (Å²) >= 11 is 0. The fraction of sp³-hybridized carbons (Fsp3) is 0.440. The fourth-order valence-corrected chi connectivity index (χ4v) is 4.60. The van der Waals surface area contributed by atoms with E-state index in [1.165, 1.54) is 29.5 Å². The summed E-state index contributed by atoms with van der Waals surface area (Å²) in [7, 11) is 0. The molecule has 3 amide bonds. The summed E-state index contributed by atoms with van der Waals surface area (Å²) in [6, 6.07) is 16.2. The number of likely N-dealkylation sites (tertiary alicyclic amines) is 1. The Hall–Kier alpha value is -2.82. The summed E-state index contributed by atoms with van der Waals surface area (Å²) in [5, 5.41) is 6.13. The molecule has 2 aliphatic rings. The molecule has 158 valence electrons.